The molecular weight excluding hydrogens is 440 g/mol. The van der Waals surface area contributed by atoms with Crippen LogP contribution in [0.3, 0.4) is 0 Å². The van der Waals surface area contributed by atoms with E-state index >= 15 is 0 Å². The zero-order valence-electron chi connectivity index (χ0n) is 15.0. The largest absolute Gasteiger partial charge is 0.465 e. The van der Waals surface area contributed by atoms with Crippen molar-refractivity contribution in [2.24, 2.45) is 0 Å². The first-order valence-corrected chi connectivity index (χ1v) is 8.46. The minimum absolute atomic E-state index is 0.0364. The van der Waals surface area contributed by atoms with Crippen LogP contribution in [0.1, 0.15) is 26.4 Å². The molecule has 2 rings (SSSR count). The number of hydrogen-bond donors (Lipinski definition) is 1. The molecule has 0 fully saturated rings. The lowest BCUT2D eigenvalue weighted by molar-refractivity contribution is -0.390. The average Bonchev–Trinajstić information content (AvgIpc) is 2.94. The summed E-state index contributed by atoms with van der Waals surface area (Å²) in [5.41, 5.74) is 0.607. The van der Waals surface area contributed by atoms with E-state index in [1.807, 2.05) is 0 Å². The number of anilines is 1. The number of benzene rings is 1. The van der Waals surface area contributed by atoms with Crippen LogP contribution < -0.4 is 5.32 Å². The van der Waals surface area contributed by atoms with Crippen molar-refractivity contribution in [2.45, 2.75) is 13.5 Å². The highest BCUT2D eigenvalue weighted by molar-refractivity contribution is 9.10. The van der Waals surface area contributed by atoms with Crippen LogP contribution in [0.15, 0.2) is 22.7 Å². The molecule has 2 aromatic rings. The Kier molecular flexibility index (Phi) is 6.46. The van der Waals surface area contributed by atoms with Gasteiger partial charge in [0.2, 0.25) is 5.91 Å². The highest BCUT2D eigenvalue weighted by Gasteiger charge is 2.24. The quantitative estimate of drug-likeness (QED) is 0.396. The van der Waals surface area contributed by atoms with E-state index in [0.717, 1.165) is 4.68 Å². The Morgan fingerprint density at radius 1 is 1.18 bits per heavy atom. The number of esters is 2. The maximum absolute atomic E-state index is 12.3. The summed E-state index contributed by atoms with van der Waals surface area (Å²) in [6.45, 7) is 1.24. The van der Waals surface area contributed by atoms with Gasteiger partial charge in [0.15, 0.2) is 0 Å². The third-order valence-corrected chi connectivity index (χ3v) is 4.57. The lowest BCUT2D eigenvalue weighted by Crippen LogP contribution is -2.21. The minimum atomic E-state index is -0.705. The van der Waals surface area contributed by atoms with E-state index in [4.69, 9.17) is 0 Å². The van der Waals surface area contributed by atoms with E-state index in [2.05, 4.69) is 35.8 Å². The van der Waals surface area contributed by atoms with Gasteiger partial charge < -0.3 is 24.9 Å². The number of rotatable bonds is 6. The van der Waals surface area contributed by atoms with Gasteiger partial charge in [0, 0.05) is 5.69 Å². The van der Waals surface area contributed by atoms with Crippen molar-refractivity contribution in [3.63, 3.8) is 0 Å². The molecule has 0 saturated heterocycles. The molecule has 1 aromatic carbocycles. The zero-order valence-corrected chi connectivity index (χ0v) is 16.6. The second-order valence-electron chi connectivity index (χ2n) is 5.47. The zero-order chi connectivity index (χ0) is 21.0. The number of halogens is 1. The Balaban J connectivity index is 2.28. The SMILES string of the molecule is COC(=O)c1cc(NC(=O)Cn2nc([N+](=O)[O-])c(Br)c2C)cc(C(=O)OC)c1. The fourth-order valence-corrected chi connectivity index (χ4v) is 2.72. The van der Waals surface area contributed by atoms with Crippen molar-refractivity contribution in [3.8, 4) is 0 Å². The van der Waals surface area contributed by atoms with Crippen LogP contribution >= 0.6 is 15.9 Å². The molecule has 0 aliphatic rings. The fourth-order valence-electron chi connectivity index (χ4n) is 2.29. The van der Waals surface area contributed by atoms with Crippen LogP contribution in [-0.2, 0) is 20.8 Å². The van der Waals surface area contributed by atoms with Gasteiger partial charge in [-0.3, -0.25) is 4.79 Å². The number of nitro groups is 1. The smallest absolute Gasteiger partial charge is 0.404 e. The molecular formula is C16H15BrN4O7. The molecule has 148 valence electrons. The molecule has 0 saturated carbocycles. The van der Waals surface area contributed by atoms with Gasteiger partial charge in [-0.15, -0.1) is 0 Å². The third-order valence-electron chi connectivity index (χ3n) is 3.64. The van der Waals surface area contributed by atoms with Crippen LogP contribution in [0.2, 0.25) is 0 Å². The summed E-state index contributed by atoms with van der Waals surface area (Å²) >= 11 is 3.07. The van der Waals surface area contributed by atoms with Crippen molar-refractivity contribution in [2.75, 3.05) is 19.5 Å². The topological polar surface area (TPSA) is 143 Å². The summed E-state index contributed by atoms with van der Waals surface area (Å²) in [6, 6.07) is 3.92. The Morgan fingerprint density at radius 2 is 1.71 bits per heavy atom. The number of methoxy groups -OCH3 is 2. The first-order chi connectivity index (χ1) is 13.2. The summed E-state index contributed by atoms with van der Waals surface area (Å²) in [4.78, 5) is 46.2. The summed E-state index contributed by atoms with van der Waals surface area (Å²) in [5.74, 6) is -2.40. The van der Waals surface area contributed by atoms with Gasteiger partial charge in [0.25, 0.3) is 0 Å². The summed E-state index contributed by atoms with van der Waals surface area (Å²) in [7, 11) is 2.35. The average molecular weight is 455 g/mol. The van der Waals surface area contributed by atoms with Crippen LogP contribution in [-0.4, -0.2) is 46.8 Å². The number of nitrogens with one attached hydrogen (secondary N) is 1. The van der Waals surface area contributed by atoms with E-state index in [-0.39, 0.29) is 27.8 Å². The molecule has 0 aliphatic carbocycles. The van der Waals surface area contributed by atoms with Crippen LogP contribution in [0, 0.1) is 17.0 Å². The molecule has 12 heteroatoms. The second kappa shape index (κ2) is 8.61. The van der Waals surface area contributed by atoms with Crippen molar-refractivity contribution < 1.29 is 28.8 Å². The van der Waals surface area contributed by atoms with Crippen molar-refractivity contribution in [1.29, 1.82) is 0 Å². The molecule has 1 heterocycles. The third kappa shape index (κ3) is 4.52. The number of carbonyl (C=O) groups is 3. The number of carbonyl (C=O) groups excluding carboxylic acids is 3. The highest BCUT2D eigenvalue weighted by Crippen LogP contribution is 2.27. The second-order valence-corrected chi connectivity index (χ2v) is 6.26. The first-order valence-electron chi connectivity index (χ1n) is 7.66. The number of aromatic nitrogens is 2. The van der Waals surface area contributed by atoms with Gasteiger partial charge in [-0.2, -0.15) is 4.68 Å². The molecule has 11 nitrogen and oxygen atoms in total. The Labute approximate surface area is 166 Å². The maximum atomic E-state index is 12.3. The van der Waals surface area contributed by atoms with Gasteiger partial charge in [0.05, 0.1) is 36.1 Å². The number of amides is 1. The van der Waals surface area contributed by atoms with E-state index in [0.29, 0.717) is 5.69 Å². The lowest BCUT2D eigenvalue weighted by atomic mass is 10.1. The van der Waals surface area contributed by atoms with E-state index in [1.165, 1.54) is 32.4 Å². The standard InChI is InChI=1S/C16H15BrN4O7/c1-8-13(17)14(21(25)26)19-20(8)7-12(22)18-11-5-9(15(23)27-2)4-10(6-11)16(24)28-3/h4-6H,7H2,1-3H3,(H,18,22). The van der Waals surface area contributed by atoms with Crippen molar-refractivity contribution in [3.05, 3.63) is 49.6 Å². The number of ether oxygens (including phenoxy) is 2. The number of nitrogens with zero attached hydrogens (tertiary/aromatic N) is 3. The monoisotopic (exact) mass is 454 g/mol. The normalized spacial score (nSPS) is 10.3. The summed E-state index contributed by atoms with van der Waals surface area (Å²) in [6.07, 6.45) is 0. The summed E-state index contributed by atoms with van der Waals surface area (Å²) in [5, 5.41) is 17.2. The van der Waals surface area contributed by atoms with E-state index in [9.17, 15) is 24.5 Å². The Morgan fingerprint density at radius 3 is 2.14 bits per heavy atom. The predicted octanol–water partition coefficient (Wildman–Crippen LogP) is 2.07. The molecule has 1 aromatic heterocycles. The minimum Gasteiger partial charge on any atom is -0.465 e. The van der Waals surface area contributed by atoms with Crippen molar-refractivity contribution in [1.82, 2.24) is 9.78 Å². The number of hydrogen-bond acceptors (Lipinski definition) is 8. The van der Waals surface area contributed by atoms with Gasteiger partial charge in [-0.25, -0.2) is 9.59 Å². The Bertz CT molecular complexity index is 936. The van der Waals surface area contributed by atoms with Crippen LogP contribution in [0.25, 0.3) is 0 Å². The van der Waals surface area contributed by atoms with E-state index in [1.54, 1.807) is 6.92 Å². The molecule has 0 spiro atoms. The van der Waals surface area contributed by atoms with Crippen LogP contribution in [0.5, 0.6) is 0 Å². The molecule has 1 N–H and O–H groups in total. The van der Waals surface area contributed by atoms with Crippen LogP contribution in [0.4, 0.5) is 11.5 Å². The maximum Gasteiger partial charge on any atom is 0.404 e. The molecule has 0 radical (unpaired) electrons. The molecule has 28 heavy (non-hydrogen) atoms. The van der Waals surface area contributed by atoms with Gasteiger partial charge >= 0.3 is 17.8 Å². The highest BCUT2D eigenvalue weighted by atomic mass is 79.9. The molecule has 0 aliphatic heterocycles. The Hall–Kier alpha value is -3.28. The predicted molar refractivity (Wildman–Crippen MR) is 99.1 cm³/mol. The van der Waals surface area contributed by atoms with Gasteiger partial charge in [-0.05, 0) is 46.0 Å². The van der Waals surface area contributed by atoms with Crippen molar-refractivity contribution >= 4 is 45.3 Å². The van der Waals surface area contributed by atoms with Gasteiger partial charge in [0.1, 0.15) is 11.0 Å². The lowest BCUT2D eigenvalue weighted by Gasteiger charge is -2.09. The molecule has 0 unspecified atom stereocenters. The summed E-state index contributed by atoms with van der Waals surface area (Å²) < 4.78 is 10.6. The first kappa shape index (κ1) is 21.0. The van der Waals surface area contributed by atoms with Gasteiger partial charge in [-0.1, -0.05) is 0 Å². The molecule has 1 amide bonds. The van der Waals surface area contributed by atoms with E-state index < -0.39 is 28.6 Å². The molecule has 0 atom stereocenters. The fraction of sp³-hybridized carbons (Fsp3) is 0.250. The molecule has 0 bridgehead atoms.